The summed E-state index contributed by atoms with van der Waals surface area (Å²) >= 11 is 0. The fraction of sp³-hybridized carbons (Fsp3) is 0. The molecule has 14 aromatic rings. The second-order valence-corrected chi connectivity index (χ2v) is 29.5. The molecule has 0 aliphatic carbocycles. The molecule has 0 N–H and O–H groups in total. The number of anilines is 6. The predicted molar refractivity (Wildman–Crippen MR) is 345 cm³/mol. The van der Waals surface area contributed by atoms with Crippen LogP contribution in [0.4, 0.5) is 34.1 Å². The zero-order chi connectivity index (χ0) is 55.1. The van der Waals surface area contributed by atoms with Gasteiger partial charge in [-0.05, 0) is 170 Å². The summed E-state index contributed by atoms with van der Waals surface area (Å²) in [5.41, 5.74) is 10.8. The minimum atomic E-state index is -3.00. The molecule has 392 valence electrons. The van der Waals surface area contributed by atoms with Crippen LogP contribution in [0.1, 0.15) is 0 Å². The van der Waals surface area contributed by atoms with E-state index in [0.29, 0.717) is 0 Å². The molecule has 0 radical (unpaired) electrons. The molecule has 84 heavy (non-hydrogen) atoms. The Balaban J connectivity index is 0.891. The number of benzene rings is 10. The third kappa shape index (κ3) is 6.35. The molecule has 8 nitrogen and oxygen atoms in total. The normalized spacial score (nSPS) is 14.3. The van der Waals surface area contributed by atoms with Gasteiger partial charge in [-0.15, -0.1) is 0 Å². The first-order valence-corrected chi connectivity index (χ1v) is 32.4. The zero-order valence-electron chi connectivity index (χ0n) is 45.1. The van der Waals surface area contributed by atoms with Crippen molar-refractivity contribution in [3.05, 3.63) is 280 Å². The monoisotopic (exact) mass is 1110 g/mol. The Hall–Kier alpha value is -10.8. The smallest absolute Gasteiger partial charge is 0.184 e. The van der Waals surface area contributed by atoms with Gasteiger partial charge >= 0.3 is 0 Å². The first-order chi connectivity index (χ1) is 41.7. The number of pyridine rings is 4. The maximum Gasteiger partial charge on any atom is 0.184 e. The molecule has 0 atom stereocenters. The lowest BCUT2D eigenvalue weighted by Crippen LogP contribution is -2.73. The van der Waals surface area contributed by atoms with E-state index in [1.807, 2.05) is 24.8 Å². The first-order valence-electron chi connectivity index (χ1n) is 28.4. The van der Waals surface area contributed by atoms with Gasteiger partial charge in [0, 0.05) is 60.3 Å². The van der Waals surface area contributed by atoms with Crippen molar-refractivity contribution in [3.63, 3.8) is 0 Å². The summed E-state index contributed by atoms with van der Waals surface area (Å²) in [5, 5.41) is 16.8. The van der Waals surface area contributed by atoms with Crippen molar-refractivity contribution in [3.8, 4) is 45.3 Å². The molecular formula is C74H46N6O2Si2. The van der Waals surface area contributed by atoms with Gasteiger partial charge in [0.2, 0.25) is 0 Å². The summed E-state index contributed by atoms with van der Waals surface area (Å²) < 4.78 is 14.2. The maximum atomic E-state index is 7.10. The largest absolute Gasteiger partial charge is 0.453 e. The second-order valence-electron chi connectivity index (χ2n) is 22.1. The van der Waals surface area contributed by atoms with Crippen LogP contribution in [0.3, 0.4) is 0 Å². The molecule has 0 saturated carbocycles. The average Bonchev–Trinajstić information content (AvgIpc) is 1.56. The van der Waals surface area contributed by atoms with Crippen molar-refractivity contribution >= 4 is 124 Å². The minimum Gasteiger partial charge on any atom is -0.453 e. The minimum absolute atomic E-state index is 0.794. The van der Waals surface area contributed by atoms with E-state index in [1.54, 1.807) is 0 Å². The molecule has 0 bridgehead atoms. The molecule has 0 spiro atoms. The lowest BCUT2D eigenvalue weighted by atomic mass is 9.93. The number of rotatable bonds is 6. The zero-order valence-corrected chi connectivity index (χ0v) is 47.1. The molecule has 18 rings (SSSR count). The molecule has 8 heterocycles. The van der Waals surface area contributed by atoms with Gasteiger partial charge in [-0.1, -0.05) is 146 Å². The van der Waals surface area contributed by atoms with Gasteiger partial charge in [-0.25, -0.2) is 0 Å². The Labute approximate surface area is 485 Å². The highest BCUT2D eigenvalue weighted by Gasteiger charge is 2.52. The van der Waals surface area contributed by atoms with E-state index in [-0.39, 0.29) is 0 Å². The van der Waals surface area contributed by atoms with E-state index in [0.717, 1.165) is 89.4 Å². The van der Waals surface area contributed by atoms with E-state index in [4.69, 9.17) is 29.4 Å². The molecule has 0 amide bonds. The van der Waals surface area contributed by atoms with Crippen molar-refractivity contribution in [2.45, 2.75) is 0 Å². The van der Waals surface area contributed by atoms with Crippen LogP contribution in [-0.4, -0.2) is 36.1 Å². The Morgan fingerprint density at radius 2 is 0.607 bits per heavy atom. The van der Waals surface area contributed by atoms with Crippen molar-refractivity contribution in [2.24, 2.45) is 0 Å². The van der Waals surface area contributed by atoms with Gasteiger partial charge in [0.1, 0.15) is 0 Å². The number of hydrogen-bond donors (Lipinski definition) is 0. The number of fused-ring (bicyclic) bond motifs is 15. The molecule has 4 aliphatic rings. The molecule has 4 aliphatic heterocycles. The highest BCUT2D eigenvalue weighted by molar-refractivity contribution is 7.23. The van der Waals surface area contributed by atoms with Crippen molar-refractivity contribution < 1.29 is 9.47 Å². The van der Waals surface area contributed by atoms with Crippen LogP contribution < -0.4 is 60.8 Å². The number of aromatic nitrogens is 4. The quantitative estimate of drug-likeness (QED) is 0.120. The standard InChI is InChI=1S/C74H46N6O2Si2/c1-3-23-53-51(21-1)57-37-64(80-62-28-8-10-30-68(62)82-70-40-60-56-26-6-12-32-72(56)84(74(60)42-66(70)80,49-19-15-35-77-45-49)50-20-16-36-78-46-50)54-24-4-2-22-52(54)58(57)38-63(53)79-61-27-7-9-29-67(61)81-69-39-59-55-25-5-11-31-71(55)83(73(59)41-65(69)79,47-17-13-33-75-43-47)48-18-14-34-76-44-48/h1-46H. The Morgan fingerprint density at radius 1 is 0.250 bits per heavy atom. The Bertz CT molecular complexity index is 4670. The van der Waals surface area contributed by atoms with E-state index < -0.39 is 16.1 Å². The van der Waals surface area contributed by atoms with Gasteiger partial charge in [0.25, 0.3) is 0 Å². The van der Waals surface area contributed by atoms with Crippen LogP contribution >= 0.6 is 0 Å². The summed E-state index contributed by atoms with van der Waals surface area (Å²) in [6.07, 6.45) is 15.8. The molecule has 10 heteroatoms. The Kier molecular flexibility index (Phi) is 9.97. The molecule has 0 unspecified atom stereocenters. The van der Waals surface area contributed by atoms with Gasteiger partial charge in [-0.2, -0.15) is 0 Å². The SMILES string of the molecule is c1cncc([Si]2(c3cccnc3)c3ccccc3-c3cc4c(cc32)N(c2cc3c5ccccc5c(N5c6ccccc6Oc6cc7c(cc65)[Si](c5cccnc5)(c5cccnc5)c5ccccc5-7)cc3c3ccccc23)c2ccccc2O4)c1. The fourth-order valence-corrected chi connectivity index (χ4v) is 24.8. The number of nitrogens with zero attached hydrogens (tertiary/aromatic N) is 6. The second kappa shape index (κ2) is 17.9. The van der Waals surface area contributed by atoms with E-state index in [9.17, 15) is 0 Å². The van der Waals surface area contributed by atoms with E-state index in [2.05, 4.69) is 265 Å². The van der Waals surface area contributed by atoms with Gasteiger partial charge < -0.3 is 19.3 Å². The van der Waals surface area contributed by atoms with Crippen molar-refractivity contribution in [1.29, 1.82) is 0 Å². The van der Waals surface area contributed by atoms with E-state index >= 15 is 0 Å². The fourth-order valence-electron chi connectivity index (χ4n) is 14.8. The molecule has 0 fully saturated rings. The van der Waals surface area contributed by atoms with Crippen LogP contribution in [0.15, 0.2) is 280 Å². The number of para-hydroxylation sites is 4. The third-order valence-corrected chi connectivity index (χ3v) is 27.7. The lowest BCUT2D eigenvalue weighted by Gasteiger charge is -2.37. The number of hydrogen-bond acceptors (Lipinski definition) is 8. The molecule has 10 aromatic carbocycles. The summed E-state index contributed by atoms with van der Waals surface area (Å²) in [6.45, 7) is 0. The van der Waals surface area contributed by atoms with Gasteiger partial charge in [0.05, 0.1) is 34.1 Å². The summed E-state index contributed by atoms with van der Waals surface area (Å²) in [6, 6.07) is 84.3. The van der Waals surface area contributed by atoms with Crippen molar-refractivity contribution in [1.82, 2.24) is 19.9 Å². The third-order valence-electron chi connectivity index (χ3n) is 18.1. The van der Waals surface area contributed by atoms with E-state index in [1.165, 1.54) is 63.7 Å². The topological polar surface area (TPSA) is 76.5 Å². The first kappa shape index (κ1) is 46.9. The Morgan fingerprint density at radius 3 is 1.00 bits per heavy atom. The van der Waals surface area contributed by atoms with Crippen LogP contribution in [-0.2, 0) is 0 Å². The maximum absolute atomic E-state index is 7.10. The predicted octanol–water partition coefficient (Wildman–Crippen LogP) is 12.6. The van der Waals surface area contributed by atoms with Crippen LogP contribution in [0.25, 0.3) is 54.6 Å². The molecule has 0 saturated heterocycles. The van der Waals surface area contributed by atoms with Gasteiger partial charge in [-0.3, -0.25) is 19.9 Å². The molecular weight excluding hydrogens is 1060 g/mol. The average molecular weight is 1110 g/mol. The molecule has 4 aromatic heterocycles. The van der Waals surface area contributed by atoms with Crippen LogP contribution in [0.2, 0.25) is 0 Å². The van der Waals surface area contributed by atoms with Gasteiger partial charge in [0.15, 0.2) is 39.1 Å². The summed E-state index contributed by atoms with van der Waals surface area (Å²) in [4.78, 5) is 24.1. The number of ether oxygens (including phenoxy) is 2. The lowest BCUT2D eigenvalue weighted by molar-refractivity contribution is 0.477. The van der Waals surface area contributed by atoms with Crippen molar-refractivity contribution in [2.75, 3.05) is 9.80 Å². The highest BCUT2D eigenvalue weighted by Crippen LogP contribution is 2.57. The highest BCUT2D eigenvalue weighted by atomic mass is 28.3. The van der Waals surface area contributed by atoms with Crippen LogP contribution in [0.5, 0.6) is 23.0 Å². The summed E-state index contributed by atoms with van der Waals surface area (Å²) in [7, 11) is -6.01. The van der Waals surface area contributed by atoms with Crippen LogP contribution in [0, 0.1) is 0 Å². The summed E-state index contributed by atoms with van der Waals surface area (Å²) in [5.74, 6) is 3.18.